The summed E-state index contributed by atoms with van der Waals surface area (Å²) in [6.45, 7) is 5.25. The van der Waals surface area contributed by atoms with E-state index in [4.69, 9.17) is 4.74 Å². The number of aromatic nitrogens is 2. The Kier molecular flexibility index (Phi) is 3.92. The zero-order chi connectivity index (χ0) is 15.7. The quantitative estimate of drug-likeness (QED) is 0.862. The molecule has 7 heteroatoms. The number of sulfonamides is 1. The van der Waals surface area contributed by atoms with Crippen LogP contribution in [0.4, 0.5) is 0 Å². The molecule has 2 aromatic rings. The molecule has 0 unspecified atom stereocenters. The molecular weight excluding hydrogens is 302 g/mol. The van der Waals surface area contributed by atoms with E-state index in [0.717, 1.165) is 5.82 Å². The van der Waals surface area contributed by atoms with Crippen molar-refractivity contribution in [1.29, 1.82) is 0 Å². The van der Waals surface area contributed by atoms with E-state index in [9.17, 15) is 8.42 Å². The van der Waals surface area contributed by atoms with Crippen LogP contribution in [0.2, 0.25) is 0 Å². The van der Waals surface area contributed by atoms with Gasteiger partial charge in [-0.3, -0.25) is 0 Å². The number of hydrogen-bond donors (Lipinski definition) is 0. The van der Waals surface area contributed by atoms with E-state index in [0.29, 0.717) is 25.4 Å². The summed E-state index contributed by atoms with van der Waals surface area (Å²) in [7, 11) is -3.50. The molecule has 0 bridgehead atoms. The minimum absolute atomic E-state index is 0.0587. The van der Waals surface area contributed by atoms with Gasteiger partial charge in [0, 0.05) is 25.5 Å². The van der Waals surface area contributed by atoms with Gasteiger partial charge in [0.05, 0.1) is 17.5 Å². The minimum atomic E-state index is -3.50. The smallest absolute Gasteiger partial charge is 0.243 e. The van der Waals surface area contributed by atoms with Gasteiger partial charge in [0.2, 0.25) is 10.0 Å². The number of hydrogen-bond acceptors (Lipinski definition) is 4. The maximum Gasteiger partial charge on any atom is 0.243 e. The highest BCUT2D eigenvalue weighted by Crippen LogP contribution is 2.23. The van der Waals surface area contributed by atoms with Crippen molar-refractivity contribution in [3.8, 4) is 5.75 Å². The van der Waals surface area contributed by atoms with Crippen LogP contribution >= 0.6 is 0 Å². The molecule has 0 spiro atoms. The topological polar surface area (TPSA) is 64.4 Å². The predicted octanol–water partition coefficient (Wildman–Crippen LogP) is 1.87. The molecule has 22 heavy (non-hydrogen) atoms. The van der Waals surface area contributed by atoms with Crippen molar-refractivity contribution in [2.75, 3.05) is 6.54 Å². The van der Waals surface area contributed by atoms with Crippen molar-refractivity contribution in [2.45, 2.75) is 37.9 Å². The van der Waals surface area contributed by atoms with E-state index < -0.39 is 10.0 Å². The molecule has 1 aromatic heterocycles. The number of benzene rings is 1. The Balaban J connectivity index is 1.81. The van der Waals surface area contributed by atoms with Crippen LogP contribution in [0.5, 0.6) is 5.75 Å². The van der Waals surface area contributed by atoms with Gasteiger partial charge < -0.3 is 9.30 Å². The van der Waals surface area contributed by atoms with E-state index in [2.05, 4.69) is 4.98 Å². The predicted molar refractivity (Wildman–Crippen MR) is 82.0 cm³/mol. The molecule has 1 aliphatic rings. The highest BCUT2D eigenvalue weighted by Gasteiger charge is 2.28. The van der Waals surface area contributed by atoms with Crippen LogP contribution in [0.1, 0.15) is 19.7 Å². The Morgan fingerprint density at radius 3 is 2.59 bits per heavy atom. The summed E-state index contributed by atoms with van der Waals surface area (Å²) in [5, 5.41) is 0. The second-order valence-corrected chi connectivity index (χ2v) is 7.45. The monoisotopic (exact) mass is 321 g/mol. The Hall–Kier alpha value is -1.86. The van der Waals surface area contributed by atoms with Crippen LogP contribution in [0.15, 0.2) is 41.6 Å². The standard InChI is InChI=1S/C15H19N3O3S/c1-12(2)21-13-3-5-14(6-4-13)22(19,20)18-10-9-17-8-7-16-15(17)11-18/h3-8,12H,9-11H2,1-2H3. The fraction of sp³-hybridized carbons (Fsp3) is 0.400. The summed E-state index contributed by atoms with van der Waals surface area (Å²) in [5.41, 5.74) is 0. The van der Waals surface area contributed by atoms with Gasteiger partial charge in [-0.05, 0) is 38.1 Å². The van der Waals surface area contributed by atoms with Gasteiger partial charge in [-0.1, -0.05) is 0 Å². The maximum atomic E-state index is 12.7. The molecule has 0 atom stereocenters. The average molecular weight is 321 g/mol. The molecule has 0 fully saturated rings. The first-order valence-corrected chi connectivity index (χ1v) is 8.68. The highest BCUT2D eigenvalue weighted by molar-refractivity contribution is 7.89. The van der Waals surface area contributed by atoms with Crippen molar-refractivity contribution in [1.82, 2.24) is 13.9 Å². The lowest BCUT2D eigenvalue weighted by Crippen LogP contribution is -2.38. The van der Waals surface area contributed by atoms with Crippen molar-refractivity contribution in [3.05, 3.63) is 42.5 Å². The van der Waals surface area contributed by atoms with Gasteiger partial charge in [-0.25, -0.2) is 13.4 Å². The van der Waals surface area contributed by atoms with E-state index in [1.54, 1.807) is 30.5 Å². The number of nitrogens with zero attached hydrogens (tertiary/aromatic N) is 3. The van der Waals surface area contributed by atoms with Gasteiger partial charge in [-0.2, -0.15) is 4.31 Å². The van der Waals surface area contributed by atoms with Crippen LogP contribution in [0, 0.1) is 0 Å². The molecule has 0 saturated carbocycles. The summed E-state index contributed by atoms with van der Waals surface area (Å²) in [4.78, 5) is 4.48. The lowest BCUT2D eigenvalue weighted by molar-refractivity contribution is 0.242. The first-order valence-electron chi connectivity index (χ1n) is 7.24. The van der Waals surface area contributed by atoms with Crippen molar-refractivity contribution < 1.29 is 13.2 Å². The third-order valence-corrected chi connectivity index (χ3v) is 5.40. The van der Waals surface area contributed by atoms with Crippen molar-refractivity contribution in [2.24, 2.45) is 0 Å². The molecule has 2 heterocycles. The number of imidazole rings is 1. The largest absolute Gasteiger partial charge is 0.491 e. The number of fused-ring (bicyclic) bond motifs is 1. The molecule has 0 amide bonds. The Bertz CT molecular complexity index is 751. The SMILES string of the molecule is CC(C)Oc1ccc(S(=O)(=O)N2CCn3ccnc3C2)cc1. The van der Waals surface area contributed by atoms with Gasteiger partial charge in [0.1, 0.15) is 11.6 Å². The Morgan fingerprint density at radius 1 is 1.18 bits per heavy atom. The second kappa shape index (κ2) is 5.73. The maximum absolute atomic E-state index is 12.7. The molecule has 1 aromatic carbocycles. The molecule has 0 aliphatic carbocycles. The Morgan fingerprint density at radius 2 is 1.91 bits per heavy atom. The Labute approximate surface area is 130 Å². The summed E-state index contributed by atoms with van der Waals surface area (Å²) in [6.07, 6.45) is 3.63. The van der Waals surface area contributed by atoms with E-state index in [1.165, 1.54) is 4.31 Å². The third-order valence-electron chi connectivity index (χ3n) is 3.54. The van der Waals surface area contributed by atoms with E-state index in [1.807, 2.05) is 24.6 Å². The number of ether oxygens (including phenoxy) is 1. The molecular formula is C15H19N3O3S. The highest BCUT2D eigenvalue weighted by atomic mass is 32.2. The zero-order valence-corrected chi connectivity index (χ0v) is 13.5. The van der Waals surface area contributed by atoms with Crippen molar-refractivity contribution >= 4 is 10.0 Å². The van der Waals surface area contributed by atoms with Gasteiger partial charge >= 0.3 is 0 Å². The normalized spacial score (nSPS) is 15.8. The fourth-order valence-corrected chi connectivity index (χ4v) is 3.85. The van der Waals surface area contributed by atoms with Crippen LogP contribution in [0.3, 0.4) is 0 Å². The molecule has 0 radical (unpaired) electrons. The average Bonchev–Trinajstić information content (AvgIpc) is 2.94. The van der Waals surface area contributed by atoms with Gasteiger partial charge in [0.25, 0.3) is 0 Å². The van der Waals surface area contributed by atoms with Gasteiger partial charge in [-0.15, -0.1) is 0 Å². The van der Waals surface area contributed by atoms with Crippen LogP contribution < -0.4 is 4.74 Å². The minimum Gasteiger partial charge on any atom is -0.491 e. The second-order valence-electron chi connectivity index (χ2n) is 5.51. The number of rotatable bonds is 4. The summed E-state index contributed by atoms with van der Waals surface area (Å²) in [5.74, 6) is 1.44. The lowest BCUT2D eigenvalue weighted by Gasteiger charge is -2.27. The first-order chi connectivity index (χ1) is 10.5. The third kappa shape index (κ3) is 2.86. The van der Waals surface area contributed by atoms with Gasteiger partial charge in [0.15, 0.2) is 0 Å². The van der Waals surface area contributed by atoms with Crippen molar-refractivity contribution in [3.63, 3.8) is 0 Å². The van der Waals surface area contributed by atoms with Crippen LogP contribution in [-0.2, 0) is 23.1 Å². The molecule has 0 N–H and O–H groups in total. The van der Waals surface area contributed by atoms with Crippen LogP contribution in [0.25, 0.3) is 0 Å². The molecule has 118 valence electrons. The van der Waals surface area contributed by atoms with E-state index in [-0.39, 0.29) is 11.0 Å². The summed E-state index contributed by atoms with van der Waals surface area (Å²) < 4.78 is 34.4. The fourth-order valence-electron chi connectivity index (χ4n) is 2.47. The molecule has 0 saturated heterocycles. The summed E-state index contributed by atoms with van der Waals surface area (Å²) >= 11 is 0. The molecule has 6 nitrogen and oxygen atoms in total. The van der Waals surface area contributed by atoms with E-state index >= 15 is 0 Å². The lowest BCUT2D eigenvalue weighted by atomic mass is 10.3. The summed E-state index contributed by atoms with van der Waals surface area (Å²) in [6, 6.07) is 6.57. The molecule has 3 rings (SSSR count). The first kappa shape index (κ1) is 15.1. The zero-order valence-electron chi connectivity index (χ0n) is 12.6. The molecule has 1 aliphatic heterocycles. The van der Waals surface area contributed by atoms with Crippen LogP contribution in [-0.4, -0.2) is 34.9 Å².